The molecule has 0 fully saturated rings. The van der Waals surface area contributed by atoms with Crippen molar-refractivity contribution in [2.24, 2.45) is 28.2 Å². The minimum atomic E-state index is -3.70. The molecule has 8 rings (SSSR count). The molecule has 8 aromatic rings. The molecule has 21 heteroatoms. The molecule has 0 saturated carbocycles. The van der Waals surface area contributed by atoms with Crippen LogP contribution in [-0.4, -0.2) is 66.7 Å². The van der Waals surface area contributed by atoms with Gasteiger partial charge in [0.05, 0.1) is 13.1 Å². The van der Waals surface area contributed by atoms with Gasteiger partial charge in [-0.2, -0.15) is 9.97 Å². The predicted molar refractivity (Wildman–Crippen MR) is 275 cm³/mol. The third kappa shape index (κ3) is 12.0. The highest BCUT2D eigenvalue weighted by Crippen LogP contribution is 2.17. The van der Waals surface area contributed by atoms with E-state index in [-0.39, 0.29) is 45.7 Å². The molecule has 0 aliphatic heterocycles. The summed E-state index contributed by atoms with van der Waals surface area (Å²) in [5, 5.41) is 6.17. The minimum absolute atomic E-state index is 0.0106. The zero-order valence-corrected chi connectivity index (χ0v) is 42.1. The van der Waals surface area contributed by atoms with E-state index in [4.69, 9.17) is 6.42 Å². The maximum Gasteiger partial charge on any atom is 0.333 e. The largest absolute Gasteiger partial charge is 0.381 e. The fourth-order valence-corrected chi connectivity index (χ4v) is 9.21. The van der Waals surface area contributed by atoms with Crippen molar-refractivity contribution in [3.05, 3.63) is 171 Å². The molecule has 0 aliphatic rings. The fraction of sp³-hybridized carbons (Fsp3) is 0.208. The van der Waals surface area contributed by atoms with Crippen LogP contribution in [0.5, 0.6) is 0 Å². The van der Waals surface area contributed by atoms with Gasteiger partial charge < -0.3 is 19.8 Å². The van der Waals surface area contributed by atoms with Crippen LogP contribution in [0.1, 0.15) is 16.7 Å². The van der Waals surface area contributed by atoms with Gasteiger partial charge in [-0.3, -0.25) is 27.9 Å². The van der Waals surface area contributed by atoms with E-state index in [2.05, 4.69) is 109 Å². The number of sulfone groups is 2. The lowest BCUT2D eigenvalue weighted by atomic mass is 10.2. The lowest BCUT2D eigenvalue weighted by molar-refractivity contribution is 0.585. The van der Waals surface area contributed by atoms with E-state index in [0.717, 1.165) is 54.1 Å². The van der Waals surface area contributed by atoms with Gasteiger partial charge in [-0.25, -0.2) is 26.4 Å². The molecule has 0 saturated heterocycles. The molecule has 4 heterocycles. The summed E-state index contributed by atoms with van der Waals surface area (Å²) in [4.78, 5) is 57.4. The SMILES string of the molecule is C#CCn1c(=O)n(C)c(=O)c2c1nc(S(C)(=O)=O)n2C.Cn1c(=O)c2c(nc(S(C)(=O)=O)n2C)n(CC#Cc2cccc(NCc3ccccc3)c2)c1=O.Ic1cccc(NCc2ccccc2)c1. The molecule has 69 heavy (non-hydrogen) atoms. The van der Waals surface area contributed by atoms with E-state index in [0.29, 0.717) is 6.54 Å². The molecule has 0 bridgehead atoms. The molecule has 2 N–H and O–H groups in total. The molecule has 0 spiro atoms. The Hall–Kier alpha value is -7.47. The van der Waals surface area contributed by atoms with Crippen LogP contribution in [0, 0.1) is 27.8 Å². The molecule has 0 atom stereocenters. The summed E-state index contributed by atoms with van der Waals surface area (Å²) >= 11 is 2.32. The van der Waals surface area contributed by atoms with Crippen LogP contribution < -0.4 is 33.1 Å². The van der Waals surface area contributed by atoms with Crippen LogP contribution in [0.15, 0.2) is 139 Å². The van der Waals surface area contributed by atoms with Crippen LogP contribution >= 0.6 is 22.6 Å². The third-order valence-electron chi connectivity index (χ3n) is 10.4. The zero-order chi connectivity index (χ0) is 50.2. The predicted octanol–water partition coefficient (Wildman–Crippen LogP) is 3.87. The Bertz CT molecular complexity index is 3800. The van der Waals surface area contributed by atoms with Crippen molar-refractivity contribution in [2.45, 2.75) is 36.5 Å². The number of terminal acetylenes is 1. The van der Waals surface area contributed by atoms with Gasteiger partial charge in [0.25, 0.3) is 11.1 Å². The van der Waals surface area contributed by atoms with E-state index >= 15 is 0 Å². The first kappa shape index (κ1) is 50.9. The third-order valence-corrected chi connectivity index (χ3v) is 13.1. The zero-order valence-electron chi connectivity index (χ0n) is 38.3. The van der Waals surface area contributed by atoms with Gasteiger partial charge in [0.1, 0.15) is 0 Å². The topological polar surface area (TPSA) is 216 Å². The first-order valence-corrected chi connectivity index (χ1v) is 25.6. The molecule has 0 amide bonds. The summed E-state index contributed by atoms with van der Waals surface area (Å²) in [6.07, 6.45) is 7.16. The van der Waals surface area contributed by atoms with E-state index in [9.17, 15) is 36.0 Å². The van der Waals surface area contributed by atoms with Gasteiger partial charge >= 0.3 is 11.4 Å². The number of fused-ring (bicyclic) bond motifs is 2. The highest BCUT2D eigenvalue weighted by Gasteiger charge is 2.24. The molecular formula is C48H47IN10O8S2. The van der Waals surface area contributed by atoms with Gasteiger partial charge in [0.2, 0.25) is 30.0 Å². The molecule has 4 aromatic carbocycles. The van der Waals surface area contributed by atoms with Crippen molar-refractivity contribution in [1.82, 2.24) is 37.4 Å². The van der Waals surface area contributed by atoms with Crippen LogP contribution in [0.4, 0.5) is 11.4 Å². The van der Waals surface area contributed by atoms with E-state index in [1.807, 2.05) is 60.7 Å². The minimum Gasteiger partial charge on any atom is -0.381 e. The lowest BCUT2D eigenvalue weighted by Gasteiger charge is -2.07. The van der Waals surface area contributed by atoms with E-state index in [1.165, 1.54) is 52.1 Å². The number of hydrogen-bond donors (Lipinski definition) is 2. The van der Waals surface area contributed by atoms with E-state index < -0.39 is 42.2 Å². The van der Waals surface area contributed by atoms with Crippen LogP contribution in [0.3, 0.4) is 0 Å². The Kier molecular flexibility index (Phi) is 16.0. The van der Waals surface area contributed by atoms with Gasteiger partial charge in [-0.1, -0.05) is 90.6 Å². The number of anilines is 2. The molecule has 4 aromatic heterocycles. The van der Waals surface area contributed by atoms with Crippen molar-refractivity contribution in [3.63, 3.8) is 0 Å². The molecular weight excluding hydrogens is 1040 g/mol. The number of aryl methyl sites for hydroxylation is 2. The summed E-state index contributed by atoms with van der Waals surface area (Å²) in [5.74, 6) is 8.24. The van der Waals surface area contributed by atoms with Crippen LogP contribution in [0.2, 0.25) is 0 Å². The summed E-state index contributed by atoms with van der Waals surface area (Å²) in [7, 11) is -1.87. The molecule has 18 nitrogen and oxygen atoms in total. The van der Waals surface area contributed by atoms with Crippen LogP contribution in [0.25, 0.3) is 22.3 Å². The Morgan fingerprint density at radius 3 is 1.45 bits per heavy atom. The standard InChI is InChI=1S/C24H23N5O4S.C13H12IN.C11H12N4O4S/c1-27-20-21(26-23(27)34(3,32)33)29(24(31)28(2)22(20)30)14-8-12-17-11-7-13-19(15-17)25-16-18-9-5-4-6-10-18;14-12-7-4-8-13(9-12)15-10-11-5-2-1-3-6-11;1-5-6-15-8-7(9(16)14(3)11(15)17)13(2)10(12-8)20(4,18)19/h4-7,9-11,13,15,25H,14,16H2,1-3H3;1-9,15H,10H2;1H,6H2,2-4H3. The monoisotopic (exact) mass is 1080 g/mol. The smallest absolute Gasteiger partial charge is 0.333 e. The number of imidazole rings is 2. The average Bonchev–Trinajstić information content (AvgIpc) is 3.87. The number of halogens is 1. The number of nitrogens with one attached hydrogen (secondary N) is 2. The Morgan fingerprint density at radius 2 is 1.01 bits per heavy atom. The van der Waals surface area contributed by atoms with Crippen molar-refractivity contribution >= 4 is 76.0 Å². The Morgan fingerprint density at radius 1 is 0.580 bits per heavy atom. The average molecular weight is 1080 g/mol. The Balaban J connectivity index is 0.000000188. The molecule has 0 aliphatic carbocycles. The number of rotatable bonds is 10. The van der Waals surface area contributed by atoms with Crippen molar-refractivity contribution in [2.75, 3.05) is 23.1 Å². The fourth-order valence-electron chi connectivity index (χ4n) is 6.98. The van der Waals surface area contributed by atoms with Gasteiger partial charge in [-0.15, -0.1) is 6.42 Å². The number of nitrogens with zero attached hydrogens (tertiary/aromatic N) is 8. The number of benzene rings is 4. The quantitative estimate of drug-likeness (QED) is 0.148. The van der Waals surface area contributed by atoms with E-state index in [1.54, 1.807) is 0 Å². The number of hydrogen-bond acceptors (Lipinski definition) is 12. The molecule has 0 unspecified atom stereocenters. The maximum absolute atomic E-state index is 12.7. The summed E-state index contributed by atoms with van der Waals surface area (Å²) in [6, 6.07) is 36.4. The Labute approximate surface area is 410 Å². The van der Waals surface area contributed by atoms with Gasteiger partial charge in [0, 0.05) is 74.3 Å². The van der Waals surface area contributed by atoms with Gasteiger partial charge in [-0.05, 0) is 70.1 Å². The van der Waals surface area contributed by atoms with Gasteiger partial charge in [0.15, 0.2) is 22.3 Å². The van der Waals surface area contributed by atoms with Crippen molar-refractivity contribution in [3.8, 4) is 24.2 Å². The van der Waals surface area contributed by atoms with Crippen molar-refractivity contribution in [1.29, 1.82) is 0 Å². The highest BCUT2D eigenvalue weighted by molar-refractivity contribution is 14.1. The molecule has 0 radical (unpaired) electrons. The second kappa shape index (κ2) is 21.7. The highest BCUT2D eigenvalue weighted by atomic mass is 127. The first-order chi connectivity index (χ1) is 32.7. The van der Waals surface area contributed by atoms with Crippen LogP contribution in [-0.2, 0) is 74.0 Å². The number of aromatic nitrogens is 8. The summed E-state index contributed by atoms with van der Waals surface area (Å²) in [6.45, 7) is 1.38. The lowest BCUT2D eigenvalue weighted by Crippen LogP contribution is -2.38. The molecule has 356 valence electrons. The second-order valence-electron chi connectivity index (χ2n) is 15.5. The second-order valence-corrected chi connectivity index (χ2v) is 20.6. The first-order valence-electron chi connectivity index (χ1n) is 20.8. The normalized spacial score (nSPS) is 11.1. The summed E-state index contributed by atoms with van der Waals surface area (Å²) in [5.41, 5.74) is 2.77. The van der Waals surface area contributed by atoms with Crippen molar-refractivity contribution < 1.29 is 16.8 Å². The summed E-state index contributed by atoms with van der Waals surface area (Å²) < 4.78 is 55.1. The maximum atomic E-state index is 12.7.